The van der Waals surface area contributed by atoms with Crippen LogP contribution in [0.1, 0.15) is 83.1 Å². The van der Waals surface area contributed by atoms with E-state index in [4.69, 9.17) is 19.7 Å². The summed E-state index contributed by atoms with van der Waals surface area (Å²) in [5, 5.41) is 9.18. The van der Waals surface area contributed by atoms with Gasteiger partial charge in [0.2, 0.25) is 0 Å². The summed E-state index contributed by atoms with van der Waals surface area (Å²) in [6, 6.07) is 14.2. The van der Waals surface area contributed by atoms with Gasteiger partial charge in [-0.05, 0) is 95.7 Å². The normalized spacial score (nSPS) is 20.6. The van der Waals surface area contributed by atoms with Crippen molar-refractivity contribution in [3.8, 4) is 6.07 Å². The summed E-state index contributed by atoms with van der Waals surface area (Å²) in [6.07, 6.45) is 4.30. The third kappa shape index (κ3) is 7.17. The molecule has 2 aromatic carbocycles. The first-order valence-electron chi connectivity index (χ1n) is 13.7. The summed E-state index contributed by atoms with van der Waals surface area (Å²) < 4.78 is 26.7. The molecule has 0 spiro atoms. The third-order valence-electron chi connectivity index (χ3n) is 6.80. The Bertz CT molecular complexity index is 1390. The molecule has 0 radical (unpaired) electrons. The van der Waals surface area contributed by atoms with E-state index in [2.05, 4.69) is 6.07 Å². The molecule has 2 aromatic rings. The SMILES string of the molecule is CC(C)(C)OC(=O)N(C(=O)OC(C)(C)C)C1=N[C@@]2(c3cc(C=Cc4ccc(C#N)cc4)ccc3F)CCC[C@H]2CS1. The molecule has 2 amide bonds. The molecule has 1 aliphatic heterocycles. The summed E-state index contributed by atoms with van der Waals surface area (Å²) >= 11 is 1.29. The molecule has 2 aliphatic rings. The Labute approximate surface area is 245 Å². The molecular weight excluding hydrogens is 541 g/mol. The van der Waals surface area contributed by atoms with E-state index in [1.807, 2.05) is 24.3 Å². The van der Waals surface area contributed by atoms with Crippen molar-refractivity contribution in [3.63, 3.8) is 0 Å². The number of thioether (sulfide) groups is 1. The van der Waals surface area contributed by atoms with E-state index in [-0.39, 0.29) is 16.9 Å². The maximum absolute atomic E-state index is 15.6. The fourth-order valence-electron chi connectivity index (χ4n) is 5.02. The molecule has 2 atom stereocenters. The van der Waals surface area contributed by atoms with Crippen molar-refractivity contribution >= 4 is 41.3 Å². The van der Waals surface area contributed by atoms with Crippen molar-refractivity contribution in [1.29, 1.82) is 5.26 Å². The number of benzene rings is 2. The minimum atomic E-state index is -0.939. The Morgan fingerprint density at radius 2 is 1.61 bits per heavy atom. The summed E-state index contributed by atoms with van der Waals surface area (Å²) in [6.45, 7) is 10.3. The minimum absolute atomic E-state index is 0.0302. The van der Waals surface area contributed by atoms with Gasteiger partial charge < -0.3 is 9.47 Å². The number of aliphatic imine (C=N–C) groups is 1. The van der Waals surface area contributed by atoms with Gasteiger partial charge in [0.1, 0.15) is 17.0 Å². The number of halogens is 1. The molecule has 0 N–H and O–H groups in total. The number of fused-ring (bicyclic) bond motifs is 1. The standard InChI is InChI=1S/C32H36FN3O4S/c1-30(2,3)39-28(37)36(29(38)40-31(4,5)6)27-35-32(17-7-8-24(32)20-41-27)25-18-22(15-16-26(25)33)12-9-21-10-13-23(19-34)14-11-21/h9-16,18,24H,7-8,17,20H2,1-6H3/t24-,32-/m0/s1. The Morgan fingerprint density at radius 3 is 2.20 bits per heavy atom. The fraction of sp³-hybridized carbons (Fsp3) is 0.438. The van der Waals surface area contributed by atoms with E-state index in [9.17, 15) is 9.59 Å². The maximum atomic E-state index is 15.6. The molecule has 0 aromatic heterocycles. The fourth-order valence-corrected chi connectivity index (χ4v) is 6.32. The highest BCUT2D eigenvalue weighted by atomic mass is 32.2. The molecule has 0 unspecified atom stereocenters. The lowest BCUT2D eigenvalue weighted by molar-refractivity contribution is 0.0150. The van der Waals surface area contributed by atoms with Gasteiger partial charge in [0.25, 0.3) is 0 Å². The van der Waals surface area contributed by atoms with Crippen LogP contribution in [0, 0.1) is 23.1 Å². The van der Waals surface area contributed by atoms with Gasteiger partial charge in [-0.3, -0.25) is 0 Å². The number of rotatable bonds is 3. The number of nitriles is 1. The van der Waals surface area contributed by atoms with E-state index in [1.54, 1.807) is 65.8 Å². The van der Waals surface area contributed by atoms with Gasteiger partial charge in [0, 0.05) is 11.3 Å². The van der Waals surface area contributed by atoms with Crippen LogP contribution in [0.3, 0.4) is 0 Å². The molecule has 41 heavy (non-hydrogen) atoms. The van der Waals surface area contributed by atoms with Crippen molar-refractivity contribution in [2.45, 2.75) is 77.5 Å². The van der Waals surface area contributed by atoms with Gasteiger partial charge in [-0.25, -0.2) is 19.0 Å². The predicted octanol–water partition coefficient (Wildman–Crippen LogP) is 8.14. The zero-order chi connectivity index (χ0) is 30.0. The lowest BCUT2D eigenvalue weighted by atomic mass is 9.80. The number of nitrogens with zero attached hydrogens (tertiary/aromatic N) is 3. The van der Waals surface area contributed by atoms with Crippen molar-refractivity contribution in [2.24, 2.45) is 10.9 Å². The van der Waals surface area contributed by atoms with Crippen LogP contribution in [-0.2, 0) is 15.0 Å². The van der Waals surface area contributed by atoms with Crippen LogP contribution in [0.5, 0.6) is 0 Å². The van der Waals surface area contributed by atoms with Crippen LogP contribution in [0.4, 0.5) is 14.0 Å². The van der Waals surface area contributed by atoms with Crippen LogP contribution in [0.25, 0.3) is 12.2 Å². The molecule has 1 heterocycles. The highest BCUT2D eigenvalue weighted by Crippen LogP contribution is 2.52. The first-order chi connectivity index (χ1) is 19.2. The van der Waals surface area contributed by atoms with E-state index >= 15 is 4.39 Å². The molecule has 1 saturated carbocycles. The van der Waals surface area contributed by atoms with Gasteiger partial charge in [0.15, 0.2) is 5.17 Å². The van der Waals surface area contributed by atoms with E-state index in [0.29, 0.717) is 23.3 Å². The molecule has 7 nitrogen and oxygen atoms in total. The average Bonchev–Trinajstić information content (AvgIpc) is 3.31. The molecule has 216 valence electrons. The van der Waals surface area contributed by atoms with Gasteiger partial charge in [-0.15, -0.1) is 0 Å². The number of carbonyl (C=O) groups is 2. The zero-order valence-corrected chi connectivity index (χ0v) is 25.2. The quantitative estimate of drug-likeness (QED) is 0.342. The van der Waals surface area contributed by atoms with Crippen LogP contribution in [0.2, 0.25) is 0 Å². The Hall–Kier alpha value is -3.64. The first kappa shape index (κ1) is 30.3. The Kier molecular flexibility index (Phi) is 8.65. The highest BCUT2D eigenvalue weighted by Gasteiger charge is 2.50. The van der Waals surface area contributed by atoms with Crippen LogP contribution >= 0.6 is 11.8 Å². The molecule has 1 aliphatic carbocycles. The van der Waals surface area contributed by atoms with Crippen molar-refractivity contribution in [1.82, 2.24) is 4.90 Å². The largest absolute Gasteiger partial charge is 0.443 e. The second kappa shape index (κ2) is 11.7. The third-order valence-corrected chi connectivity index (χ3v) is 7.90. The number of amidine groups is 1. The van der Waals surface area contributed by atoms with Gasteiger partial charge in [-0.2, -0.15) is 10.2 Å². The minimum Gasteiger partial charge on any atom is -0.443 e. The molecule has 0 saturated heterocycles. The second-order valence-electron chi connectivity index (χ2n) is 12.3. The first-order valence-corrected chi connectivity index (χ1v) is 14.7. The van der Waals surface area contributed by atoms with Gasteiger partial charge in [0.05, 0.1) is 17.2 Å². The van der Waals surface area contributed by atoms with Crippen LogP contribution in [0.15, 0.2) is 47.5 Å². The van der Waals surface area contributed by atoms with Gasteiger partial charge >= 0.3 is 12.2 Å². The molecule has 4 rings (SSSR count). The monoisotopic (exact) mass is 577 g/mol. The number of hydrogen-bond acceptors (Lipinski definition) is 7. The molecular formula is C32H36FN3O4S. The number of ether oxygens (including phenoxy) is 2. The van der Waals surface area contributed by atoms with Crippen LogP contribution < -0.4 is 0 Å². The maximum Gasteiger partial charge on any atom is 0.426 e. The number of carbonyl (C=O) groups excluding carboxylic acids is 2. The average molecular weight is 578 g/mol. The zero-order valence-electron chi connectivity index (χ0n) is 24.4. The Balaban J connectivity index is 1.75. The van der Waals surface area contributed by atoms with Crippen molar-refractivity contribution < 1.29 is 23.5 Å². The van der Waals surface area contributed by atoms with E-state index in [1.165, 1.54) is 17.8 Å². The number of imide groups is 1. The lowest BCUT2D eigenvalue weighted by Crippen LogP contribution is -2.49. The summed E-state index contributed by atoms with van der Waals surface area (Å²) in [5.74, 6) is 0.206. The van der Waals surface area contributed by atoms with E-state index in [0.717, 1.165) is 28.9 Å². The molecule has 9 heteroatoms. The smallest absolute Gasteiger partial charge is 0.426 e. The van der Waals surface area contributed by atoms with Gasteiger partial charge in [-0.1, -0.05) is 48.5 Å². The summed E-state index contributed by atoms with van der Waals surface area (Å²) in [5.41, 5.74) is 0.0642. The number of hydrogen-bond donors (Lipinski definition) is 0. The Morgan fingerprint density at radius 1 is 1.02 bits per heavy atom. The van der Waals surface area contributed by atoms with E-state index < -0.39 is 28.9 Å². The topological polar surface area (TPSA) is 92.0 Å². The predicted molar refractivity (Wildman–Crippen MR) is 160 cm³/mol. The van der Waals surface area contributed by atoms with Crippen molar-refractivity contribution in [3.05, 3.63) is 70.5 Å². The molecule has 1 fully saturated rings. The molecule has 0 bridgehead atoms. The van der Waals surface area contributed by atoms with Crippen LogP contribution in [-0.4, -0.2) is 39.2 Å². The van der Waals surface area contributed by atoms with Crippen molar-refractivity contribution in [2.75, 3.05) is 5.75 Å². The highest BCUT2D eigenvalue weighted by molar-refractivity contribution is 8.13. The summed E-state index contributed by atoms with van der Waals surface area (Å²) in [7, 11) is 0. The lowest BCUT2D eigenvalue weighted by Gasteiger charge is -2.39. The summed E-state index contributed by atoms with van der Waals surface area (Å²) in [4.78, 5) is 32.5. The number of amides is 2. The second-order valence-corrected chi connectivity index (χ2v) is 13.3.